The second-order valence-electron chi connectivity index (χ2n) is 4.99. The van der Waals surface area contributed by atoms with Crippen LogP contribution in [0.1, 0.15) is 25.0 Å². The van der Waals surface area contributed by atoms with Gasteiger partial charge in [-0.15, -0.1) is 0 Å². The van der Waals surface area contributed by atoms with E-state index in [1.807, 2.05) is 0 Å². The monoisotopic (exact) mass is 329 g/mol. The normalized spacial score (nSPS) is 19.6. The highest BCUT2D eigenvalue weighted by molar-refractivity contribution is 7.89. The van der Waals surface area contributed by atoms with Crippen molar-refractivity contribution in [2.45, 2.75) is 30.3 Å². The molecule has 0 amide bonds. The first-order valence-corrected chi connectivity index (χ1v) is 8.60. The lowest BCUT2D eigenvalue weighted by Crippen LogP contribution is -2.37. The Morgan fingerprint density at radius 1 is 1.57 bits per heavy atom. The molecule has 21 heavy (non-hydrogen) atoms. The molecule has 0 radical (unpaired) electrons. The Morgan fingerprint density at radius 3 is 2.95 bits per heavy atom. The van der Waals surface area contributed by atoms with E-state index in [-0.39, 0.29) is 21.7 Å². The van der Waals surface area contributed by atoms with Crippen molar-refractivity contribution in [1.82, 2.24) is 9.29 Å². The second-order valence-corrected chi connectivity index (χ2v) is 7.44. The van der Waals surface area contributed by atoms with Crippen LogP contribution in [-0.4, -0.2) is 49.0 Å². The van der Waals surface area contributed by atoms with E-state index in [0.29, 0.717) is 13.2 Å². The van der Waals surface area contributed by atoms with E-state index in [4.69, 9.17) is 22.7 Å². The van der Waals surface area contributed by atoms with Gasteiger partial charge in [0.1, 0.15) is 15.6 Å². The molecule has 1 aromatic heterocycles. The average molecular weight is 329 g/mol. The number of likely N-dealkylation sites (N-methyl/N-ethyl adjacent to an activating group) is 1. The summed E-state index contributed by atoms with van der Waals surface area (Å²) in [6, 6.07) is 3.02. The zero-order chi connectivity index (χ0) is 15.5. The summed E-state index contributed by atoms with van der Waals surface area (Å²) in [6.07, 6.45) is 4.36. The van der Waals surface area contributed by atoms with Crippen LogP contribution >= 0.6 is 12.2 Å². The van der Waals surface area contributed by atoms with E-state index in [2.05, 4.69) is 4.98 Å². The first-order chi connectivity index (χ1) is 9.93. The van der Waals surface area contributed by atoms with Gasteiger partial charge < -0.3 is 10.5 Å². The number of ether oxygens (including phenoxy) is 1. The van der Waals surface area contributed by atoms with Crippen LogP contribution in [0.15, 0.2) is 23.2 Å². The lowest BCUT2D eigenvalue weighted by molar-refractivity contribution is 0.00858. The average Bonchev–Trinajstić information content (AvgIpc) is 2.48. The third kappa shape index (κ3) is 3.76. The van der Waals surface area contributed by atoms with Crippen LogP contribution in [0.25, 0.3) is 0 Å². The van der Waals surface area contributed by atoms with E-state index in [1.165, 1.54) is 23.6 Å². The van der Waals surface area contributed by atoms with Crippen LogP contribution in [0.5, 0.6) is 0 Å². The Balaban J connectivity index is 2.22. The molecule has 1 unspecified atom stereocenters. The summed E-state index contributed by atoms with van der Waals surface area (Å²) in [4.78, 5) is 3.98. The van der Waals surface area contributed by atoms with Crippen molar-refractivity contribution in [3.05, 3.63) is 24.0 Å². The highest BCUT2D eigenvalue weighted by Crippen LogP contribution is 2.20. The standard InChI is InChI=1S/C13H19N3O3S2/c1-16(9-10-5-2-3-8-19-10)21(17,18)11-6-4-7-15-12(11)13(14)20/h4,6-7,10H,2-3,5,8-9H2,1H3,(H2,14,20). The molecular weight excluding hydrogens is 310 g/mol. The molecule has 0 aromatic carbocycles. The molecule has 1 aromatic rings. The van der Waals surface area contributed by atoms with Crippen LogP contribution in [-0.2, 0) is 14.8 Å². The first kappa shape index (κ1) is 16.3. The largest absolute Gasteiger partial charge is 0.388 e. The van der Waals surface area contributed by atoms with Gasteiger partial charge in [-0.2, -0.15) is 4.31 Å². The smallest absolute Gasteiger partial charge is 0.245 e. The van der Waals surface area contributed by atoms with Gasteiger partial charge in [0, 0.05) is 26.4 Å². The number of thiocarbonyl (C=S) groups is 1. The topological polar surface area (TPSA) is 85.5 Å². The van der Waals surface area contributed by atoms with Crippen molar-refractivity contribution in [3.8, 4) is 0 Å². The van der Waals surface area contributed by atoms with Gasteiger partial charge in [0.15, 0.2) is 0 Å². The van der Waals surface area contributed by atoms with Crippen molar-refractivity contribution in [1.29, 1.82) is 0 Å². The Hall–Kier alpha value is -1.09. The van der Waals surface area contributed by atoms with Crippen molar-refractivity contribution >= 4 is 27.2 Å². The van der Waals surface area contributed by atoms with E-state index in [9.17, 15) is 8.42 Å². The lowest BCUT2D eigenvalue weighted by atomic mass is 10.1. The lowest BCUT2D eigenvalue weighted by Gasteiger charge is -2.27. The van der Waals surface area contributed by atoms with Gasteiger partial charge >= 0.3 is 0 Å². The van der Waals surface area contributed by atoms with Gasteiger partial charge in [0.2, 0.25) is 10.0 Å². The maximum Gasteiger partial charge on any atom is 0.245 e. The zero-order valence-corrected chi connectivity index (χ0v) is 13.5. The van der Waals surface area contributed by atoms with Crippen molar-refractivity contribution in [2.75, 3.05) is 20.2 Å². The van der Waals surface area contributed by atoms with Crippen LogP contribution in [0.4, 0.5) is 0 Å². The summed E-state index contributed by atoms with van der Waals surface area (Å²) in [6.45, 7) is 0.998. The van der Waals surface area contributed by atoms with Crippen LogP contribution in [0.2, 0.25) is 0 Å². The van der Waals surface area contributed by atoms with Crippen molar-refractivity contribution in [2.24, 2.45) is 5.73 Å². The molecular formula is C13H19N3O3S2. The number of aromatic nitrogens is 1. The molecule has 1 aliphatic rings. The van der Waals surface area contributed by atoms with E-state index >= 15 is 0 Å². The fourth-order valence-corrected chi connectivity index (χ4v) is 3.87. The molecule has 2 rings (SSSR count). The van der Waals surface area contributed by atoms with E-state index in [0.717, 1.165) is 19.3 Å². The van der Waals surface area contributed by atoms with Crippen LogP contribution < -0.4 is 5.73 Å². The molecule has 1 saturated heterocycles. The molecule has 2 heterocycles. The molecule has 8 heteroatoms. The van der Waals surface area contributed by atoms with Crippen molar-refractivity contribution in [3.63, 3.8) is 0 Å². The first-order valence-electron chi connectivity index (χ1n) is 6.75. The van der Waals surface area contributed by atoms with Crippen LogP contribution in [0, 0.1) is 0 Å². The Kier molecular flexibility index (Phi) is 5.26. The molecule has 116 valence electrons. The Bertz CT molecular complexity index is 613. The Labute approximate surface area is 130 Å². The summed E-state index contributed by atoms with van der Waals surface area (Å²) in [5.74, 6) is 0. The summed E-state index contributed by atoms with van der Waals surface area (Å²) in [5.41, 5.74) is 5.69. The minimum Gasteiger partial charge on any atom is -0.388 e. The number of hydrogen-bond donors (Lipinski definition) is 1. The minimum atomic E-state index is -3.69. The predicted molar refractivity (Wildman–Crippen MR) is 83.5 cm³/mol. The molecule has 0 saturated carbocycles. The molecule has 2 N–H and O–H groups in total. The van der Waals surface area contributed by atoms with Crippen molar-refractivity contribution < 1.29 is 13.2 Å². The molecule has 0 bridgehead atoms. The van der Waals surface area contributed by atoms with Gasteiger partial charge in [-0.1, -0.05) is 12.2 Å². The highest BCUT2D eigenvalue weighted by Gasteiger charge is 2.28. The van der Waals surface area contributed by atoms with Crippen LogP contribution in [0.3, 0.4) is 0 Å². The third-order valence-electron chi connectivity index (χ3n) is 3.43. The number of sulfonamides is 1. The fraction of sp³-hybridized carbons (Fsp3) is 0.538. The van der Waals surface area contributed by atoms with Gasteiger partial charge in [-0.25, -0.2) is 8.42 Å². The number of pyridine rings is 1. The summed E-state index contributed by atoms with van der Waals surface area (Å²) in [5, 5.41) is 0. The highest BCUT2D eigenvalue weighted by atomic mass is 32.2. The summed E-state index contributed by atoms with van der Waals surface area (Å²) in [7, 11) is -2.16. The maximum absolute atomic E-state index is 12.6. The maximum atomic E-state index is 12.6. The zero-order valence-electron chi connectivity index (χ0n) is 11.9. The fourth-order valence-electron chi connectivity index (χ4n) is 2.29. The summed E-state index contributed by atoms with van der Waals surface area (Å²) >= 11 is 4.87. The minimum absolute atomic E-state index is 0.0310. The van der Waals surface area contributed by atoms with Gasteiger partial charge in [-0.3, -0.25) is 4.98 Å². The number of nitrogens with zero attached hydrogens (tertiary/aromatic N) is 2. The molecule has 6 nitrogen and oxygen atoms in total. The molecule has 1 atom stereocenters. The molecule has 1 fully saturated rings. The quantitative estimate of drug-likeness (QED) is 0.808. The van der Waals surface area contributed by atoms with E-state index in [1.54, 1.807) is 6.07 Å². The predicted octanol–water partition coefficient (Wildman–Crippen LogP) is 0.905. The van der Waals surface area contributed by atoms with E-state index < -0.39 is 10.0 Å². The number of hydrogen-bond acceptors (Lipinski definition) is 5. The second kappa shape index (κ2) is 6.78. The van der Waals surface area contributed by atoms with Gasteiger partial charge in [0.25, 0.3) is 0 Å². The molecule has 0 aliphatic carbocycles. The molecule has 1 aliphatic heterocycles. The SMILES string of the molecule is CN(CC1CCCCO1)S(=O)(=O)c1cccnc1C(N)=S. The van der Waals surface area contributed by atoms with Gasteiger partial charge in [0.05, 0.1) is 6.10 Å². The number of nitrogens with two attached hydrogens (primary N) is 1. The molecule has 0 spiro atoms. The Morgan fingerprint density at radius 2 is 2.33 bits per heavy atom. The third-order valence-corrected chi connectivity index (χ3v) is 5.48. The van der Waals surface area contributed by atoms with Gasteiger partial charge in [-0.05, 0) is 31.4 Å². The number of rotatable bonds is 5. The summed E-state index contributed by atoms with van der Waals surface area (Å²) < 4.78 is 32.2.